The van der Waals surface area contributed by atoms with Gasteiger partial charge in [0, 0.05) is 6.54 Å². The molecule has 0 spiro atoms. The SMILES string of the molecule is CCN(CC)[SiH2]NCC(N(C)C)N(C)C. The van der Waals surface area contributed by atoms with Crippen LogP contribution in [-0.4, -0.2) is 78.2 Å². The molecule has 0 radical (unpaired) electrons. The van der Waals surface area contributed by atoms with Crippen LogP contribution in [0.25, 0.3) is 0 Å². The van der Waals surface area contributed by atoms with Gasteiger partial charge in [-0.1, -0.05) is 13.8 Å². The monoisotopic (exact) mass is 232 g/mol. The zero-order valence-corrected chi connectivity index (χ0v) is 12.7. The molecule has 0 saturated heterocycles. The zero-order valence-electron chi connectivity index (χ0n) is 11.2. The molecule has 0 unspecified atom stereocenters. The van der Waals surface area contributed by atoms with Crippen LogP contribution >= 0.6 is 0 Å². The maximum absolute atomic E-state index is 3.63. The summed E-state index contributed by atoms with van der Waals surface area (Å²) in [6.07, 6.45) is 0.494. The van der Waals surface area contributed by atoms with E-state index in [1.54, 1.807) is 0 Å². The lowest BCUT2D eigenvalue weighted by Gasteiger charge is -2.31. The Hall–Kier alpha value is 0.0569. The molecule has 0 fully saturated rings. The van der Waals surface area contributed by atoms with E-state index in [9.17, 15) is 0 Å². The molecule has 0 aromatic heterocycles. The van der Waals surface area contributed by atoms with Gasteiger partial charge in [0.25, 0.3) is 0 Å². The van der Waals surface area contributed by atoms with Crippen molar-refractivity contribution in [2.24, 2.45) is 0 Å². The largest absolute Gasteiger partial charge is 0.328 e. The fraction of sp³-hybridized carbons (Fsp3) is 1.00. The highest BCUT2D eigenvalue weighted by Crippen LogP contribution is 1.94. The summed E-state index contributed by atoms with van der Waals surface area (Å²) in [5.41, 5.74) is 0. The van der Waals surface area contributed by atoms with Crippen LogP contribution in [0.1, 0.15) is 13.8 Å². The molecule has 0 bridgehead atoms. The summed E-state index contributed by atoms with van der Waals surface area (Å²) >= 11 is 0. The predicted molar refractivity (Wildman–Crippen MR) is 70.6 cm³/mol. The van der Waals surface area contributed by atoms with E-state index < -0.39 is 0 Å². The molecule has 15 heavy (non-hydrogen) atoms. The van der Waals surface area contributed by atoms with Gasteiger partial charge in [-0.05, 0) is 41.3 Å². The molecule has 1 N–H and O–H groups in total. The van der Waals surface area contributed by atoms with Gasteiger partial charge in [-0.3, -0.25) is 9.80 Å². The maximum atomic E-state index is 3.63. The van der Waals surface area contributed by atoms with E-state index in [0.29, 0.717) is 6.17 Å². The van der Waals surface area contributed by atoms with Crippen molar-refractivity contribution in [2.75, 3.05) is 47.8 Å². The van der Waals surface area contributed by atoms with Crippen LogP contribution in [0.4, 0.5) is 0 Å². The van der Waals surface area contributed by atoms with Crippen molar-refractivity contribution >= 4 is 9.84 Å². The molecule has 0 aromatic carbocycles. The normalized spacial score (nSPS) is 13.2. The third kappa shape index (κ3) is 6.27. The third-order valence-electron chi connectivity index (χ3n) is 2.75. The van der Waals surface area contributed by atoms with Crippen LogP contribution in [0, 0.1) is 0 Å². The van der Waals surface area contributed by atoms with Crippen LogP contribution in [-0.2, 0) is 0 Å². The minimum atomic E-state index is -0.251. The Labute approximate surface area is 97.6 Å². The lowest BCUT2D eigenvalue weighted by Crippen LogP contribution is -2.50. The highest BCUT2D eigenvalue weighted by molar-refractivity contribution is 6.28. The molecule has 0 amide bonds. The van der Waals surface area contributed by atoms with Crippen molar-refractivity contribution in [3.05, 3.63) is 0 Å². The first-order valence-electron chi connectivity index (χ1n) is 5.78. The summed E-state index contributed by atoms with van der Waals surface area (Å²) in [5.74, 6) is 0. The van der Waals surface area contributed by atoms with Gasteiger partial charge < -0.3 is 9.55 Å². The molecule has 0 aliphatic carbocycles. The second kappa shape index (κ2) is 8.24. The van der Waals surface area contributed by atoms with Gasteiger partial charge in [0.1, 0.15) is 0 Å². The fourth-order valence-corrected chi connectivity index (χ4v) is 2.78. The van der Waals surface area contributed by atoms with E-state index in [1.165, 1.54) is 13.1 Å². The molecule has 0 saturated carbocycles. The van der Waals surface area contributed by atoms with E-state index in [4.69, 9.17) is 0 Å². The summed E-state index contributed by atoms with van der Waals surface area (Å²) in [7, 11) is 8.27. The van der Waals surface area contributed by atoms with Crippen LogP contribution < -0.4 is 4.98 Å². The molecule has 4 nitrogen and oxygen atoms in total. The van der Waals surface area contributed by atoms with Gasteiger partial charge in [-0.2, -0.15) is 0 Å². The summed E-state index contributed by atoms with van der Waals surface area (Å²) in [6, 6.07) is 0. The first-order valence-corrected chi connectivity index (χ1v) is 7.12. The van der Waals surface area contributed by atoms with Gasteiger partial charge in [0.15, 0.2) is 9.84 Å². The Kier molecular flexibility index (Phi) is 8.27. The standard InChI is InChI=1S/C10H28N4Si/c1-7-14(8-2)15-11-9-10(12(3)4)13(5)6/h10-11H,7-9,15H2,1-6H3. The number of nitrogens with one attached hydrogen (secondary N) is 1. The Morgan fingerprint density at radius 1 is 1.00 bits per heavy atom. The predicted octanol–water partition coefficient (Wildman–Crippen LogP) is -0.634. The molecule has 92 valence electrons. The van der Waals surface area contributed by atoms with Crippen LogP contribution in [0.15, 0.2) is 0 Å². The third-order valence-corrected chi connectivity index (χ3v) is 4.60. The number of rotatable bonds is 8. The van der Waals surface area contributed by atoms with Crippen LogP contribution in [0.3, 0.4) is 0 Å². The average Bonchev–Trinajstić information content (AvgIpc) is 2.17. The van der Waals surface area contributed by atoms with Gasteiger partial charge in [0.2, 0.25) is 0 Å². The second-order valence-electron chi connectivity index (χ2n) is 4.32. The second-order valence-corrected chi connectivity index (χ2v) is 6.03. The lowest BCUT2D eigenvalue weighted by molar-refractivity contribution is 0.132. The fourth-order valence-electron chi connectivity index (χ4n) is 1.63. The number of hydrogen-bond donors (Lipinski definition) is 1. The molecule has 0 heterocycles. The Bertz CT molecular complexity index is 140. The summed E-state index contributed by atoms with van der Waals surface area (Å²) in [6.45, 7) is 7.86. The van der Waals surface area contributed by atoms with Crippen LogP contribution in [0.2, 0.25) is 0 Å². The van der Waals surface area contributed by atoms with E-state index in [0.717, 1.165) is 6.54 Å². The van der Waals surface area contributed by atoms with Gasteiger partial charge in [0.05, 0.1) is 6.17 Å². The Morgan fingerprint density at radius 2 is 1.47 bits per heavy atom. The topological polar surface area (TPSA) is 21.8 Å². The molecule has 0 aliphatic rings. The summed E-state index contributed by atoms with van der Waals surface area (Å²) in [5, 5.41) is 0. The minimum Gasteiger partial charge on any atom is -0.328 e. The highest BCUT2D eigenvalue weighted by Gasteiger charge is 2.13. The molecule has 0 atom stereocenters. The number of nitrogens with zero attached hydrogens (tertiary/aromatic N) is 3. The number of hydrogen-bond acceptors (Lipinski definition) is 4. The highest BCUT2D eigenvalue weighted by atomic mass is 28.2. The molecule has 0 aromatic rings. The quantitative estimate of drug-likeness (QED) is 0.444. The maximum Gasteiger partial charge on any atom is 0.170 e. The molecule has 5 heteroatoms. The van der Waals surface area contributed by atoms with Crippen molar-refractivity contribution in [3.63, 3.8) is 0 Å². The van der Waals surface area contributed by atoms with Gasteiger partial charge in [-0.15, -0.1) is 0 Å². The number of likely N-dealkylation sites (N-methyl/N-ethyl adjacent to an activating group) is 2. The van der Waals surface area contributed by atoms with E-state index in [-0.39, 0.29) is 9.84 Å². The average molecular weight is 232 g/mol. The van der Waals surface area contributed by atoms with Gasteiger partial charge in [-0.25, -0.2) is 0 Å². The molecular weight excluding hydrogens is 204 g/mol. The van der Waals surface area contributed by atoms with Crippen LogP contribution in [0.5, 0.6) is 0 Å². The van der Waals surface area contributed by atoms with E-state index in [2.05, 4.69) is 61.4 Å². The molecule has 0 rings (SSSR count). The minimum absolute atomic E-state index is 0.251. The van der Waals surface area contributed by atoms with Crippen molar-refractivity contribution in [2.45, 2.75) is 20.0 Å². The van der Waals surface area contributed by atoms with Crippen molar-refractivity contribution in [3.8, 4) is 0 Å². The first kappa shape index (κ1) is 15.1. The van der Waals surface area contributed by atoms with E-state index in [1.807, 2.05) is 0 Å². The smallest absolute Gasteiger partial charge is 0.170 e. The summed E-state index contributed by atoms with van der Waals surface area (Å²) < 4.78 is 2.52. The Morgan fingerprint density at radius 3 is 1.80 bits per heavy atom. The van der Waals surface area contributed by atoms with Crippen molar-refractivity contribution in [1.29, 1.82) is 0 Å². The van der Waals surface area contributed by atoms with Crippen molar-refractivity contribution in [1.82, 2.24) is 19.3 Å². The Balaban J connectivity index is 3.80. The first-order chi connectivity index (χ1) is 7.02. The van der Waals surface area contributed by atoms with Crippen molar-refractivity contribution < 1.29 is 0 Å². The lowest BCUT2D eigenvalue weighted by atomic mass is 10.4. The molecular formula is C10H28N4Si. The van der Waals surface area contributed by atoms with Gasteiger partial charge >= 0.3 is 0 Å². The van der Waals surface area contributed by atoms with E-state index >= 15 is 0 Å². The summed E-state index contributed by atoms with van der Waals surface area (Å²) in [4.78, 5) is 8.14. The molecule has 0 aliphatic heterocycles. The zero-order chi connectivity index (χ0) is 11.8.